The lowest BCUT2D eigenvalue weighted by Gasteiger charge is -2.23. The molecule has 7 heteroatoms. The van der Waals surface area contributed by atoms with Gasteiger partial charge >= 0.3 is 0 Å². The highest BCUT2D eigenvalue weighted by atomic mass is 32.1. The van der Waals surface area contributed by atoms with Crippen molar-refractivity contribution in [3.63, 3.8) is 0 Å². The van der Waals surface area contributed by atoms with E-state index in [9.17, 15) is 4.79 Å². The smallest absolute Gasteiger partial charge is 0.240 e. The van der Waals surface area contributed by atoms with Crippen LogP contribution in [0.3, 0.4) is 0 Å². The van der Waals surface area contributed by atoms with Crippen LogP contribution in [0.25, 0.3) is 10.2 Å². The number of aryl methyl sites for hydroxylation is 1. The number of benzene rings is 1. The van der Waals surface area contributed by atoms with Gasteiger partial charge < -0.3 is 5.32 Å². The third-order valence-electron chi connectivity index (χ3n) is 4.59. The summed E-state index contributed by atoms with van der Waals surface area (Å²) in [5, 5.41) is 7.91. The van der Waals surface area contributed by atoms with Crippen molar-refractivity contribution in [1.29, 1.82) is 0 Å². The van der Waals surface area contributed by atoms with E-state index in [4.69, 9.17) is 0 Å². The third kappa shape index (κ3) is 3.72. The van der Waals surface area contributed by atoms with Gasteiger partial charge in [-0.15, -0.1) is 0 Å². The van der Waals surface area contributed by atoms with Gasteiger partial charge in [0.15, 0.2) is 5.13 Å². The SMILES string of the molecule is Cc1ccc2nc(NC(=O)CN3CCC[C@@H]3Cn3cccn3)sc2c1. The van der Waals surface area contributed by atoms with Crippen LogP contribution in [0.15, 0.2) is 36.7 Å². The monoisotopic (exact) mass is 355 g/mol. The van der Waals surface area contributed by atoms with Crippen LogP contribution in [-0.2, 0) is 11.3 Å². The zero-order valence-electron chi connectivity index (χ0n) is 14.2. The summed E-state index contributed by atoms with van der Waals surface area (Å²) in [7, 11) is 0. The van der Waals surface area contributed by atoms with Crippen LogP contribution in [0.2, 0.25) is 0 Å². The van der Waals surface area contributed by atoms with Crippen LogP contribution in [0.4, 0.5) is 5.13 Å². The Morgan fingerprint density at radius 1 is 1.44 bits per heavy atom. The Kier molecular flexibility index (Phi) is 4.50. The molecule has 2 aromatic heterocycles. The van der Waals surface area contributed by atoms with Gasteiger partial charge in [0.05, 0.1) is 23.3 Å². The molecule has 1 saturated heterocycles. The largest absolute Gasteiger partial charge is 0.301 e. The number of carbonyl (C=O) groups excluding carboxylic acids is 1. The van der Waals surface area contributed by atoms with Crippen molar-refractivity contribution in [1.82, 2.24) is 19.7 Å². The van der Waals surface area contributed by atoms with Gasteiger partial charge in [-0.1, -0.05) is 17.4 Å². The molecule has 130 valence electrons. The van der Waals surface area contributed by atoms with E-state index in [1.54, 1.807) is 6.20 Å². The van der Waals surface area contributed by atoms with E-state index < -0.39 is 0 Å². The molecular formula is C18H21N5OS. The number of nitrogens with one attached hydrogen (secondary N) is 1. The maximum Gasteiger partial charge on any atom is 0.240 e. The quantitative estimate of drug-likeness (QED) is 0.764. The molecule has 1 N–H and O–H groups in total. The van der Waals surface area contributed by atoms with E-state index in [1.807, 2.05) is 29.1 Å². The summed E-state index contributed by atoms with van der Waals surface area (Å²) in [5.41, 5.74) is 2.14. The number of likely N-dealkylation sites (tertiary alicyclic amines) is 1. The fraction of sp³-hybridized carbons (Fsp3) is 0.389. The fourth-order valence-corrected chi connectivity index (χ4v) is 4.34. The van der Waals surface area contributed by atoms with E-state index in [-0.39, 0.29) is 5.91 Å². The number of hydrogen-bond acceptors (Lipinski definition) is 5. The van der Waals surface area contributed by atoms with Crippen molar-refractivity contribution in [2.75, 3.05) is 18.4 Å². The zero-order valence-corrected chi connectivity index (χ0v) is 15.0. The zero-order chi connectivity index (χ0) is 17.2. The minimum absolute atomic E-state index is 0.00291. The van der Waals surface area contributed by atoms with Gasteiger partial charge in [-0.05, 0) is 50.1 Å². The number of rotatable bonds is 5. The molecule has 25 heavy (non-hydrogen) atoms. The van der Waals surface area contributed by atoms with Crippen LogP contribution >= 0.6 is 11.3 Å². The molecule has 0 radical (unpaired) electrons. The van der Waals surface area contributed by atoms with Crippen LogP contribution in [0.1, 0.15) is 18.4 Å². The number of carbonyl (C=O) groups is 1. The minimum Gasteiger partial charge on any atom is -0.301 e. The highest BCUT2D eigenvalue weighted by Gasteiger charge is 2.26. The topological polar surface area (TPSA) is 63.1 Å². The third-order valence-corrected chi connectivity index (χ3v) is 5.53. The number of aromatic nitrogens is 3. The Bertz CT molecular complexity index is 873. The van der Waals surface area contributed by atoms with E-state index in [0.717, 1.165) is 36.1 Å². The Balaban J connectivity index is 1.38. The lowest BCUT2D eigenvalue weighted by Crippen LogP contribution is -2.39. The molecule has 0 bridgehead atoms. The average molecular weight is 355 g/mol. The maximum absolute atomic E-state index is 12.5. The van der Waals surface area contributed by atoms with Crippen molar-refractivity contribution in [2.24, 2.45) is 0 Å². The molecule has 1 aliphatic rings. The first-order valence-electron chi connectivity index (χ1n) is 8.56. The number of fused-ring (bicyclic) bond motifs is 1. The molecule has 3 aromatic rings. The number of amides is 1. The predicted molar refractivity (Wildman–Crippen MR) is 99.8 cm³/mol. The first-order valence-corrected chi connectivity index (χ1v) is 9.37. The van der Waals surface area contributed by atoms with Crippen molar-refractivity contribution in [2.45, 2.75) is 32.4 Å². The van der Waals surface area contributed by atoms with Gasteiger partial charge in [-0.3, -0.25) is 14.4 Å². The van der Waals surface area contributed by atoms with E-state index >= 15 is 0 Å². The lowest BCUT2D eigenvalue weighted by molar-refractivity contribution is -0.117. The average Bonchev–Trinajstić information content (AvgIpc) is 3.29. The molecule has 1 aromatic carbocycles. The number of anilines is 1. The minimum atomic E-state index is 0.00291. The van der Waals surface area contributed by atoms with Gasteiger partial charge in [0.1, 0.15) is 0 Å². The van der Waals surface area contributed by atoms with Gasteiger partial charge in [-0.25, -0.2) is 4.98 Å². The Labute approximate surface area is 150 Å². The summed E-state index contributed by atoms with van der Waals surface area (Å²) in [6.45, 7) is 4.25. The Hall–Kier alpha value is -2.25. The summed E-state index contributed by atoms with van der Waals surface area (Å²) >= 11 is 1.53. The first kappa shape index (κ1) is 16.2. The summed E-state index contributed by atoms with van der Waals surface area (Å²) < 4.78 is 3.05. The molecule has 1 atom stereocenters. The fourth-order valence-electron chi connectivity index (χ4n) is 3.36. The normalized spacial score (nSPS) is 18.0. The summed E-state index contributed by atoms with van der Waals surface area (Å²) in [6, 6.07) is 8.43. The van der Waals surface area contributed by atoms with E-state index in [0.29, 0.717) is 17.7 Å². The number of thiazole rings is 1. The molecule has 1 amide bonds. The summed E-state index contributed by atoms with van der Waals surface area (Å²) in [6.07, 6.45) is 5.99. The van der Waals surface area contributed by atoms with Crippen molar-refractivity contribution in [3.8, 4) is 0 Å². The second-order valence-corrected chi connectivity index (χ2v) is 7.56. The Morgan fingerprint density at radius 3 is 3.20 bits per heavy atom. The van der Waals surface area contributed by atoms with Crippen LogP contribution in [-0.4, -0.2) is 44.7 Å². The van der Waals surface area contributed by atoms with Crippen LogP contribution in [0.5, 0.6) is 0 Å². The first-order chi connectivity index (χ1) is 12.2. The molecule has 0 unspecified atom stereocenters. The van der Waals surface area contributed by atoms with Crippen LogP contribution in [0, 0.1) is 6.92 Å². The molecule has 4 rings (SSSR count). The summed E-state index contributed by atoms with van der Waals surface area (Å²) in [5.74, 6) is 0.00291. The molecular weight excluding hydrogens is 334 g/mol. The maximum atomic E-state index is 12.5. The second-order valence-electron chi connectivity index (χ2n) is 6.53. The van der Waals surface area contributed by atoms with E-state index in [2.05, 4.69) is 33.3 Å². The highest BCUT2D eigenvalue weighted by molar-refractivity contribution is 7.22. The van der Waals surface area contributed by atoms with Crippen molar-refractivity contribution >= 4 is 32.6 Å². The van der Waals surface area contributed by atoms with Gasteiger partial charge in [0, 0.05) is 18.4 Å². The van der Waals surface area contributed by atoms with Gasteiger partial charge in [-0.2, -0.15) is 5.10 Å². The highest BCUT2D eigenvalue weighted by Crippen LogP contribution is 2.27. The molecule has 1 aliphatic heterocycles. The summed E-state index contributed by atoms with van der Waals surface area (Å²) in [4.78, 5) is 19.2. The Morgan fingerprint density at radius 2 is 2.36 bits per heavy atom. The molecule has 0 aliphatic carbocycles. The van der Waals surface area contributed by atoms with Gasteiger partial charge in [0.25, 0.3) is 0 Å². The molecule has 6 nitrogen and oxygen atoms in total. The second kappa shape index (κ2) is 6.93. The molecule has 3 heterocycles. The van der Waals surface area contributed by atoms with Crippen molar-refractivity contribution in [3.05, 3.63) is 42.2 Å². The molecule has 0 saturated carbocycles. The van der Waals surface area contributed by atoms with E-state index in [1.165, 1.54) is 16.9 Å². The standard InChI is InChI=1S/C18H21N5OS/c1-13-5-6-15-16(10-13)25-18(20-15)21-17(24)12-22-8-2-4-14(22)11-23-9-3-7-19-23/h3,5-7,9-10,14H,2,4,8,11-12H2,1H3,(H,20,21,24)/t14-/m1/s1. The van der Waals surface area contributed by atoms with Gasteiger partial charge in [0.2, 0.25) is 5.91 Å². The van der Waals surface area contributed by atoms with Crippen molar-refractivity contribution < 1.29 is 4.79 Å². The number of nitrogens with zero attached hydrogens (tertiary/aromatic N) is 4. The molecule has 1 fully saturated rings. The molecule has 0 spiro atoms. The lowest BCUT2D eigenvalue weighted by atomic mass is 10.2. The van der Waals surface area contributed by atoms with Crippen LogP contribution < -0.4 is 5.32 Å². The predicted octanol–water partition coefficient (Wildman–Crippen LogP) is 2.90. The number of hydrogen-bond donors (Lipinski definition) is 1.